The maximum Gasteiger partial charge on any atom is 0.154 e. The monoisotopic (exact) mass is 330 g/mol. The van der Waals surface area contributed by atoms with Gasteiger partial charge in [-0.1, -0.05) is 95.1 Å². The topological polar surface area (TPSA) is 17.1 Å². The summed E-state index contributed by atoms with van der Waals surface area (Å²) in [5.41, 5.74) is 1.27. The van der Waals surface area contributed by atoms with Crippen LogP contribution in [0.2, 0.25) is 18.1 Å². The lowest BCUT2D eigenvalue weighted by molar-refractivity contribution is -0.115. The predicted molar refractivity (Wildman–Crippen MR) is 105 cm³/mol. The van der Waals surface area contributed by atoms with Crippen LogP contribution < -0.4 is 0 Å². The molecule has 0 saturated carbocycles. The lowest BCUT2D eigenvalue weighted by Crippen LogP contribution is -2.38. The molecule has 0 aliphatic heterocycles. The number of allylic oxidation sites excluding steroid dienone is 2. The normalized spacial score (nSPS) is 12.4. The average Bonchev–Trinajstić information content (AvgIpc) is 2.61. The van der Waals surface area contributed by atoms with Crippen LogP contribution in [-0.2, 0) is 11.2 Å². The van der Waals surface area contributed by atoms with E-state index in [-0.39, 0.29) is 0 Å². The van der Waals surface area contributed by atoms with Gasteiger partial charge in [0, 0.05) is 6.42 Å². The molecule has 1 nitrogen and oxygen atoms in total. The molecule has 0 heterocycles. The Kier molecular flexibility index (Phi) is 9.16. The maximum atomic E-state index is 13.0. The highest BCUT2D eigenvalue weighted by molar-refractivity contribution is 6.90. The number of hydrogen-bond donors (Lipinski definition) is 0. The van der Waals surface area contributed by atoms with E-state index >= 15 is 0 Å². The zero-order chi connectivity index (χ0) is 17.1. The highest BCUT2D eigenvalue weighted by atomic mass is 28.3. The van der Waals surface area contributed by atoms with E-state index in [0.29, 0.717) is 12.2 Å². The average molecular weight is 331 g/mol. The largest absolute Gasteiger partial charge is 0.295 e. The molecule has 0 amide bonds. The van der Waals surface area contributed by atoms with E-state index in [1.165, 1.54) is 41.7 Å². The molecule has 0 unspecified atom stereocenters. The van der Waals surface area contributed by atoms with Gasteiger partial charge in [0.15, 0.2) is 5.78 Å². The first-order valence-corrected chi connectivity index (χ1v) is 12.0. The number of ketones is 1. The Labute approximate surface area is 144 Å². The summed E-state index contributed by atoms with van der Waals surface area (Å²) in [4.78, 5) is 13.0. The van der Waals surface area contributed by atoms with E-state index in [1.807, 2.05) is 6.07 Å². The quantitative estimate of drug-likeness (QED) is 0.262. The molecule has 0 spiro atoms. The zero-order valence-electron chi connectivity index (χ0n) is 15.5. The molecule has 0 N–H and O–H groups in total. The molecule has 0 radical (unpaired) electrons. The molecule has 23 heavy (non-hydrogen) atoms. The van der Waals surface area contributed by atoms with Crippen LogP contribution in [0, 0.1) is 0 Å². The summed E-state index contributed by atoms with van der Waals surface area (Å²) in [5.74, 6) is 0.419. The fourth-order valence-corrected chi connectivity index (χ4v) is 7.37. The summed E-state index contributed by atoms with van der Waals surface area (Å²) < 4.78 is 0. The summed E-state index contributed by atoms with van der Waals surface area (Å²) in [5, 5.41) is 1.24. The van der Waals surface area contributed by atoms with Crippen LogP contribution in [0.3, 0.4) is 0 Å². The van der Waals surface area contributed by atoms with Gasteiger partial charge in [0.2, 0.25) is 0 Å². The number of carbonyl (C=O) groups excluding carboxylic acids is 1. The Morgan fingerprint density at radius 2 is 1.61 bits per heavy atom. The van der Waals surface area contributed by atoms with Gasteiger partial charge in [-0.05, 0) is 23.6 Å². The standard InChI is InChI=1S/C21H34OSi/c1-5-9-11-16-21(23(6-2,7-3)8-4)20(22)18-17-19-14-12-10-13-15-19/h10,12-16H,5-9,11,17-18H2,1-4H3/b21-16-. The molecule has 0 bridgehead atoms. The number of benzene rings is 1. The number of rotatable bonds is 11. The minimum absolute atomic E-state index is 0.419. The Balaban J connectivity index is 2.89. The highest BCUT2D eigenvalue weighted by Gasteiger charge is 2.34. The summed E-state index contributed by atoms with van der Waals surface area (Å²) in [6.45, 7) is 9.08. The van der Waals surface area contributed by atoms with Crippen LogP contribution in [0.25, 0.3) is 0 Å². The van der Waals surface area contributed by atoms with Gasteiger partial charge < -0.3 is 0 Å². The number of hydrogen-bond acceptors (Lipinski definition) is 1. The molecule has 2 heteroatoms. The summed E-state index contributed by atoms with van der Waals surface area (Å²) in [6, 6.07) is 14.0. The molecule has 0 aliphatic rings. The minimum Gasteiger partial charge on any atom is -0.295 e. The number of Topliss-reactive ketones (excluding diaryl/α,β-unsaturated/α-hetero) is 1. The van der Waals surface area contributed by atoms with Crippen molar-refractivity contribution in [3.8, 4) is 0 Å². The van der Waals surface area contributed by atoms with Crippen molar-refractivity contribution in [2.24, 2.45) is 0 Å². The lowest BCUT2D eigenvalue weighted by Gasteiger charge is -2.30. The summed E-state index contributed by atoms with van der Waals surface area (Å²) >= 11 is 0. The van der Waals surface area contributed by atoms with Crippen LogP contribution in [0.4, 0.5) is 0 Å². The van der Waals surface area contributed by atoms with Crippen molar-refractivity contribution < 1.29 is 4.79 Å². The number of carbonyl (C=O) groups is 1. The molecular formula is C21H34OSi. The molecule has 0 atom stereocenters. The predicted octanol–water partition coefficient (Wildman–Crippen LogP) is 6.35. The second-order valence-corrected chi connectivity index (χ2v) is 11.7. The molecule has 0 aliphatic carbocycles. The number of unbranched alkanes of at least 4 members (excludes halogenated alkanes) is 2. The molecule has 1 aromatic carbocycles. The fourth-order valence-electron chi connectivity index (χ4n) is 3.44. The van der Waals surface area contributed by atoms with Gasteiger partial charge in [-0.15, -0.1) is 0 Å². The van der Waals surface area contributed by atoms with Crippen molar-refractivity contribution in [3.05, 3.63) is 47.2 Å². The van der Waals surface area contributed by atoms with Crippen LogP contribution >= 0.6 is 0 Å². The first kappa shape index (κ1) is 19.9. The van der Waals surface area contributed by atoms with Gasteiger partial charge >= 0.3 is 0 Å². The second-order valence-electron chi connectivity index (χ2n) is 6.51. The summed E-state index contributed by atoms with van der Waals surface area (Å²) in [7, 11) is -1.59. The molecule has 0 aromatic heterocycles. The van der Waals surface area contributed by atoms with Crippen LogP contribution in [0.5, 0.6) is 0 Å². The van der Waals surface area contributed by atoms with E-state index < -0.39 is 8.07 Å². The first-order chi connectivity index (χ1) is 11.1. The maximum absolute atomic E-state index is 13.0. The van der Waals surface area contributed by atoms with Gasteiger partial charge in [-0.3, -0.25) is 4.79 Å². The van der Waals surface area contributed by atoms with Crippen LogP contribution in [0.15, 0.2) is 41.6 Å². The van der Waals surface area contributed by atoms with Gasteiger partial charge in [0.1, 0.15) is 0 Å². The smallest absolute Gasteiger partial charge is 0.154 e. The molecular weight excluding hydrogens is 296 g/mol. The van der Waals surface area contributed by atoms with Crippen LogP contribution in [0.1, 0.15) is 58.9 Å². The van der Waals surface area contributed by atoms with Crippen LogP contribution in [-0.4, -0.2) is 13.9 Å². The third-order valence-electron chi connectivity index (χ3n) is 5.29. The Morgan fingerprint density at radius 1 is 1.00 bits per heavy atom. The van der Waals surface area contributed by atoms with Gasteiger partial charge in [-0.25, -0.2) is 0 Å². The van der Waals surface area contributed by atoms with E-state index in [4.69, 9.17) is 0 Å². The lowest BCUT2D eigenvalue weighted by atomic mass is 10.1. The third kappa shape index (κ3) is 5.76. The van der Waals surface area contributed by atoms with E-state index in [2.05, 4.69) is 58.0 Å². The number of aryl methyl sites for hydroxylation is 1. The Morgan fingerprint density at radius 3 is 2.13 bits per heavy atom. The highest BCUT2D eigenvalue weighted by Crippen LogP contribution is 2.31. The SMILES string of the molecule is CCCC/C=C(/C(=O)CCc1ccccc1)[Si](CC)(CC)CC. The second kappa shape index (κ2) is 10.6. The molecule has 1 rings (SSSR count). The van der Waals surface area contributed by atoms with Crippen molar-refractivity contribution in [2.45, 2.75) is 77.9 Å². The van der Waals surface area contributed by atoms with E-state index in [0.717, 1.165) is 12.8 Å². The summed E-state index contributed by atoms with van der Waals surface area (Å²) in [6.07, 6.45) is 7.30. The van der Waals surface area contributed by atoms with Crippen molar-refractivity contribution in [1.82, 2.24) is 0 Å². The molecule has 0 fully saturated rings. The molecule has 128 valence electrons. The van der Waals surface area contributed by atoms with Gasteiger partial charge in [0.25, 0.3) is 0 Å². The van der Waals surface area contributed by atoms with E-state index in [9.17, 15) is 4.79 Å². The zero-order valence-corrected chi connectivity index (χ0v) is 16.5. The van der Waals surface area contributed by atoms with Gasteiger partial charge in [0.05, 0.1) is 8.07 Å². The molecule has 1 aromatic rings. The Hall–Kier alpha value is -1.15. The van der Waals surface area contributed by atoms with Gasteiger partial charge in [-0.2, -0.15) is 0 Å². The first-order valence-electron chi connectivity index (χ1n) is 9.41. The Bertz CT molecular complexity index is 478. The van der Waals surface area contributed by atoms with Crippen molar-refractivity contribution in [1.29, 1.82) is 0 Å². The van der Waals surface area contributed by atoms with Crippen molar-refractivity contribution >= 4 is 13.9 Å². The third-order valence-corrected chi connectivity index (χ3v) is 11.0. The van der Waals surface area contributed by atoms with Crippen molar-refractivity contribution in [3.63, 3.8) is 0 Å². The van der Waals surface area contributed by atoms with E-state index in [1.54, 1.807) is 0 Å². The molecule has 0 saturated heterocycles. The van der Waals surface area contributed by atoms with Crippen molar-refractivity contribution in [2.75, 3.05) is 0 Å². The fraction of sp³-hybridized carbons (Fsp3) is 0.571. The minimum atomic E-state index is -1.59.